The molecule has 1 N–H and O–H groups in total. The van der Waals surface area contributed by atoms with Crippen molar-refractivity contribution in [3.63, 3.8) is 0 Å². The number of nitrogens with one attached hydrogen (secondary N) is 1. The van der Waals surface area contributed by atoms with Crippen molar-refractivity contribution in [2.45, 2.75) is 25.4 Å². The van der Waals surface area contributed by atoms with Crippen molar-refractivity contribution in [1.29, 1.82) is 0 Å². The Bertz CT molecular complexity index is 1010. The average molecular weight is 386 g/mol. The summed E-state index contributed by atoms with van der Waals surface area (Å²) in [5.41, 5.74) is 3.89. The van der Waals surface area contributed by atoms with Crippen LogP contribution in [-0.4, -0.2) is 11.9 Å². The summed E-state index contributed by atoms with van der Waals surface area (Å²) in [4.78, 5) is 14.9. The summed E-state index contributed by atoms with van der Waals surface area (Å²) in [5, 5.41) is 3.60. The first-order valence-corrected chi connectivity index (χ1v) is 9.79. The van der Waals surface area contributed by atoms with Gasteiger partial charge in [0.15, 0.2) is 0 Å². The van der Waals surface area contributed by atoms with Gasteiger partial charge < -0.3 is 10.2 Å². The van der Waals surface area contributed by atoms with Crippen LogP contribution in [-0.2, 0) is 4.79 Å². The minimum absolute atomic E-state index is 0.0384. The van der Waals surface area contributed by atoms with Crippen LogP contribution in [0.1, 0.15) is 30.5 Å². The van der Waals surface area contributed by atoms with Crippen molar-refractivity contribution in [1.82, 2.24) is 0 Å². The minimum Gasteiger partial charge on any atom is -0.378 e. The molecule has 1 aliphatic heterocycles. The predicted octanol–water partition coefficient (Wildman–Crippen LogP) is 5.82. The second-order valence-corrected chi connectivity index (χ2v) is 7.30. The predicted molar refractivity (Wildman–Crippen MR) is 116 cm³/mol. The molecule has 3 aromatic carbocycles. The van der Waals surface area contributed by atoms with Crippen LogP contribution in [0.5, 0.6) is 0 Å². The largest absolute Gasteiger partial charge is 0.378 e. The number of carbonyl (C=O) groups excluding carboxylic acids is 1. The lowest BCUT2D eigenvalue weighted by atomic mass is 9.91. The molecule has 0 spiro atoms. The topological polar surface area (TPSA) is 32.3 Å². The number of anilines is 2. The summed E-state index contributed by atoms with van der Waals surface area (Å²) in [7, 11) is 0. The van der Waals surface area contributed by atoms with Crippen LogP contribution in [0.4, 0.5) is 15.8 Å². The maximum absolute atomic E-state index is 13.1. The Kier molecular flexibility index (Phi) is 5.43. The van der Waals surface area contributed by atoms with Gasteiger partial charge in [0.05, 0.1) is 6.04 Å². The van der Waals surface area contributed by atoms with E-state index in [-0.39, 0.29) is 23.8 Å². The van der Waals surface area contributed by atoms with Gasteiger partial charge in [-0.25, -0.2) is 4.39 Å². The van der Waals surface area contributed by atoms with Crippen molar-refractivity contribution >= 4 is 23.4 Å². The molecule has 0 fully saturated rings. The molecule has 3 aromatic rings. The van der Waals surface area contributed by atoms with Gasteiger partial charge in [0, 0.05) is 23.5 Å². The molecule has 4 rings (SSSR count). The number of para-hydroxylation sites is 2. The van der Waals surface area contributed by atoms with Crippen LogP contribution in [0.25, 0.3) is 6.08 Å². The first kappa shape index (κ1) is 18.9. The molecule has 0 saturated heterocycles. The van der Waals surface area contributed by atoms with E-state index in [1.807, 2.05) is 41.3 Å². The van der Waals surface area contributed by atoms with E-state index in [9.17, 15) is 9.18 Å². The Morgan fingerprint density at radius 3 is 2.45 bits per heavy atom. The van der Waals surface area contributed by atoms with E-state index in [1.165, 1.54) is 12.1 Å². The molecule has 0 aliphatic carbocycles. The zero-order chi connectivity index (χ0) is 20.2. The van der Waals surface area contributed by atoms with E-state index in [0.29, 0.717) is 0 Å². The van der Waals surface area contributed by atoms with Crippen LogP contribution in [0, 0.1) is 5.82 Å². The minimum atomic E-state index is -0.288. The molecule has 0 bridgehead atoms. The number of rotatable bonds is 4. The van der Waals surface area contributed by atoms with Crippen LogP contribution >= 0.6 is 0 Å². The Morgan fingerprint density at radius 1 is 1.00 bits per heavy atom. The van der Waals surface area contributed by atoms with Crippen LogP contribution in [0.3, 0.4) is 0 Å². The van der Waals surface area contributed by atoms with Gasteiger partial charge in [-0.15, -0.1) is 0 Å². The first-order valence-electron chi connectivity index (χ1n) is 9.79. The van der Waals surface area contributed by atoms with E-state index < -0.39 is 0 Å². The summed E-state index contributed by atoms with van der Waals surface area (Å²) in [6, 6.07) is 24.4. The van der Waals surface area contributed by atoms with Crippen molar-refractivity contribution in [2.24, 2.45) is 0 Å². The first-order chi connectivity index (χ1) is 14.1. The lowest BCUT2D eigenvalue weighted by Gasteiger charge is -2.39. The Hall–Kier alpha value is -3.40. The maximum atomic E-state index is 13.1. The van der Waals surface area contributed by atoms with Crippen molar-refractivity contribution in [3.8, 4) is 0 Å². The van der Waals surface area contributed by atoms with E-state index in [2.05, 4.69) is 30.4 Å². The summed E-state index contributed by atoms with van der Waals surface area (Å²) in [5.74, 6) is -0.364. The van der Waals surface area contributed by atoms with Crippen molar-refractivity contribution < 1.29 is 9.18 Å². The summed E-state index contributed by atoms with van der Waals surface area (Å²) in [6.45, 7) is 2.07. The molecule has 0 aromatic heterocycles. The molecule has 1 amide bonds. The fraction of sp³-hybridized carbons (Fsp3) is 0.160. The zero-order valence-corrected chi connectivity index (χ0v) is 16.3. The Morgan fingerprint density at radius 2 is 1.69 bits per heavy atom. The monoisotopic (exact) mass is 386 g/mol. The molecule has 0 saturated carbocycles. The fourth-order valence-corrected chi connectivity index (χ4v) is 3.84. The number of amides is 1. The number of hydrogen-bond donors (Lipinski definition) is 1. The van der Waals surface area contributed by atoms with Gasteiger partial charge in [-0.1, -0.05) is 48.5 Å². The van der Waals surface area contributed by atoms with Gasteiger partial charge in [-0.05, 0) is 60.9 Å². The third kappa shape index (κ3) is 4.21. The lowest BCUT2D eigenvalue weighted by molar-refractivity contribution is -0.114. The van der Waals surface area contributed by atoms with Gasteiger partial charge in [-0.3, -0.25) is 4.79 Å². The molecular formula is C25H23FN2O. The number of nitrogens with zero attached hydrogens (tertiary/aromatic N) is 1. The van der Waals surface area contributed by atoms with E-state index >= 15 is 0 Å². The van der Waals surface area contributed by atoms with E-state index in [1.54, 1.807) is 24.3 Å². The zero-order valence-electron chi connectivity index (χ0n) is 16.3. The molecule has 0 radical (unpaired) electrons. The summed E-state index contributed by atoms with van der Waals surface area (Å²) in [6.07, 6.45) is 4.10. The van der Waals surface area contributed by atoms with Gasteiger partial charge in [-0.2, -0.15) is 0 Å². The number of hydrogen-bond acceptors (Lipinski definition) is 2. The molecule has 2 atom stereocenters. The standard InChI is InChI=1S/C25H23FN2O/c1-18-17-23(27-21-7-3-2-4-8-21)22-9-5-6-10-24(22)28(18)25(29)16-13-19-11-14-20(26)15-12-19/h2-16,18,23,27H,17H2,1H3/t18-,23+/m1/s1. The highest BCUT2D eigenvalue weighted by Crippen LogP contribution is 2.39. The molecular weight excluding hydrogens is 363 g/mol. The van der Waals surface area contributed by atoms with Gasteiger partial charge in [0.2, 0.25) is 0 Å². The van der Waals surface area contributed by atoms with Crippen LogP contribution in [0.15, 0.2) is 84.9 Å². The summed E-state index contributed by atoms with van der Waals surface area (Å²) < 4.78 is 13.1. The smallest absolute Gasteiger partial charge is 0.251 e. The normalized spacial score (nSPS) is 18.5. The number of carbonyl (C=O) groups is 1. The van der Waals surface area contributed by atoms with E-state index in [0.717, 1.165) is 28.9 Å². The number of benzene rings is 3. The van der Waals surface area contributed by atoms with E-state index in [4.69, 9.17) is 0 Å². The molecule has 4 heteroatoms. The lowest BCUT2D eigenvalue weighted by Crippen LogP contribution is -2.43. The van der Waals surface area contributed by atoms with Crippen LogP contribution < -0.4 is 10.2 Å². The van der Waals surface area contributed by atoms with Crippen molar-refractivity contribution in [3.05, 3.63) is 102 Å². The van der Waals surface area contributed by atoms with Gasteiger partial charge >= 0.3 is 0 Å². The summed E-state index contributed by atoms with van der Waals surface area (Å²) >= 11 is 0. The third-order valence-corrected chi connectivity index (χ3v) is 5.23. The molecule has 1 aliphatic rings. The van der Waals surface area contributed by atoms with Gasteiger partial charge in [0.1, 0.15) is 5.82 Å². The second kappa shape index (κ2) is 8.31. The number of fused-ring (bicyclic) bond motifs is 1. The molecule has 3 nitrogen and oxygen atoms in total. The quantitative estimate of drug-likeness (QED) is 0.573. The second-order valence-electron chi connectivity index (χ2n) is 7.30. The molecule has 0 unspecified atom stereocenters. The maximum Gasteiger partial charge on any atom is 0.251 e. The highest BCUT2D eigenvalue weighted by molar-refractivity contribution is 6.05. The Balaban J connectivity index is 1.59. The number of halogens is 1. The fourth-order valence-electron chi connectivity index (χ4n) is 3.84. The SMILES string of the molecule is C[C@@H]1C[C@H](Nc2ccccc2)c2ccccc2N1C(=O)C=Cc1ccc(F)cc1. The molecule has 146 valence electrons. The molecule has 29 heavy (non-hydrogen) atoms. The highest BCUT2D eigenvalue weighted by atomic mass is 19.1. The molecule has 1 heterocycles. The highest BCUT2D eigenvalue weighted by Gasteiger charge is 2.32. The van der Waals surface area contributed by atoms with Gasteiger partial charge in [0.25, 0.3) is 5.91 Å². The van der Waals surface area contributed by atoms with Crippen LogP contribution in [0.2, 0.25) is 0 Å². The third-order valence-electron chi connectivity index (χ3n) is 5.23. The average Bonchev–Trinajstić information content (AvgIpc) is 2.74. The van der Waals surface area contributed by atoms with Crippen molar-refractivity contribution in [2.75, 3.05) is 10.2 Å². The Labute approximate surface area is 170 Å².